The third kappa shape index (κ3) is 16.1. The number of nitro benzene ring substituents is 2. The van der Waals surface area contributed by atoms with Crippen molar-refractivity contribution in [2.24, 2.45) is 0 Å². The molecule has 15 nitrogen and oxygen atoms in total. The molecule has 2 aromatic carbocycles. The van der Waals surface area contributed by atoms with Crippen molar-refractivity contribution >= 4 is 23.3 Å². The number of carboxylic acids is 1. The quantitative estimate of drug-likeness (QED) is 0.137. The van der Waals surface area contributed by atoms with Crippen molar-refractivity contribution in [1.82, 2.24) is 4.90 Å². The first-order chi connectivity index (χ1) is 20.8. The number of hydrogen-bond acceptors (Lipinski definition) is 12. The lowest BCUT2D eigenvalue weighted by molar-refractivity contribution is -0.385. The monoisotopic (exact) mass is 653 g/mol. The summed E-state index contributed by atoms with van der Waals surface area (Å²) in [6.07, 6.45) is -0.296. The van der Waals surface area contributed by atoms with Gasteiger partial charge in [0.15, 0.2) is 0 Å². The second kappa shape index (κ2) is 17.4. The maximum atomic E-state index is 11.8. The molecule has 258 valence electrons. The first-order valence-electron chi connectivity index (χ1n) is 14.0. The van der Waals surface area contributed by atoms with Crippen LogP contribution in [0.15, 0.2) is 36.4 Å². The molecule has 0 spiro atoms. The standard InChI is InChI=1S/C12H15NO5.C11H25NO2.C8H7NO5/c1-12(2,3)18-11(14)9-6-5-8(13(15)16)7-10(9)17-4;1-10(2,3)13-9(12(7)8)14-11(4,5)6;1-14-7-4-5(9(12)13)2-3-6(7)8(10)11/h5-7H,1-4H3;9H,1-8H3;2-4H,1H3,(H,10,11). The molecule has 0 fully saturated rings. The molecule has 2 rings (SSSR count). The van der Waals surface area contributed by atoms with Crippen LogP contribution in [-0.4, -0.2) is 83.3 Å². The van der Waals surface area contributed by atoms with Crippen LogP contribution in [0.5, 0.6) is 11.5 Å². The van der Waals surface area contributed by atoms with Gasteiger partial charge in [0, 0.05) is 12.1 Å². The first-order valence-corrected chi connectivity index (χ1v) is 14.0. The molecule has 2 aromatic rings. The van der Waals surface area contributed by atoms with Crippen molar-refractivity contribution in [1.29, 1.82) is 0 Å². The minimum atomic E-state index is -1.18. The number of nitrogens with zero attached hydrogens (tertiary/aromatic N) is 3. The molecule has 0 unspecified atom stereocenters. The number of non-ortho nitro benzene ring substituents is 2. The van der Waals surface area contributed by atoms with E-state index in [1.54, 1.807) is 20.8 Å². The average molecular weight is 654 g/mol. The van der Waals surface area contributed by atoms with E-state index >= 15 is 0 Å². The Hall–Kier alpha value is -4.34. The zero-order valence-corrected chi connectivity index (χ0v) is 28.8. The second-order valence-electron chi connectivity index (χ2n) is 12.8. The van der Waals surface area contributed by atoms with Crippen LogP contribution in [0.1, 0.15) is 83.0 Å². The number of hydrogen-bond donors (Lipinski definition) is 1. The first kappa shape index (κ1) is 41.7. The van der Waals surface area contributed by atoms with Gasteiger partial charge in [0.2, 0.25) is 6.41 Å². The van der Waals surface area contributed by atoms with Gasteiger partial charge in [-0.2, -0.15) is 0 Å². The van der Waals surface area contributed by atoms with Crippen LogP contribution in [0.25, 0.3) is 0 Å². The molecule has 0 radical (unpaired) electrons. The summed E-state index contributed by atoms with van der Waals surface area (Å²) in [6.45, 7) is 17.4. The number of nitro groups is 2. The van der Waals surface area contributed by atoms with E-state index in [-0.39, 0.29) is 51.6 Å². The van der Waals surface area contributed by atoms with Crippen LogP contribution in [-0.2, 0) is 14.2 Å². The Morgan fingerprint density at radius 3 is 1.37 bits per heavy atom. The molecule has 15 heteroatoms. The highest BCUT2D eigenvalue weighted by Crippen LogP contribution is 2.27. The fourth-order valence-electron chi connectivity index (χ4n) is 3.11. The lowest BCUT2D eigenvalue weighted by atomic mass is 10.1. The fraction of sp³-hybridized carbons (Fsp3) is 0.548. The Labute approximate surface area is 269 Å². The van der Waals surface area contributed by atoms with Gasteiger partial charge < -0.3 is 28.8 Å². The minimum Gasteiger partial charge on any atom is -0.496 e. The maximum absolute atomic E-state index is 11.8. The number of benzene rings is 2. The number of carbonyl (C=O) groups is 2. The molecule has 0 bridgehead atoms. The Kier molecular flexibility index (Phi) is 15.7. The highest BCUT2D eigenvalue weighted by atomic mass is 16.7. The summed E-state index contributed by atoms with van der Waals surface area (Å²) in [7, 11) is 6.49. The van der Waals surface area contributed by atoms with Crippen molar-refractivity contribution in [3.63, 3.8) is 0 Å². The van der Waals surface area contributed by atoms with Gasteiger partial charge in [-0.05, 0) is 88.5 Å². The Morgan fingerprint density at radius 2 is 1.09 bits per heavy atom. The van der Waals surface area contributed by atoms with Gasteiger partial charge in [0.05, 0.1) is 47.4 Å². The van der Waals surface area contributed by atoms with E-state index in [2.05, 4.69) is 0 Å². The molecular formula is C31H47N3O12. The highest BCUT2D eigenvalue weighted by molar-refractivity contribution is 5.93. The van der Waals surface area contributed by atoms with Gasteiger partial charge in [0.25, 0.3) is 11.4 Å². The number of carboxylic acid groups (broad SMARTS) is 1. The van der Waals surface area contributed by atoms with Gasteiger partial charge >= 0.3 is 11.9 Å². The number of ether oxygens (including phenoxy) is 5. The highest BCUT2D eigenvalue weighted by Gasteiger charge is 2.26. The molecule has 0 saturated carbocycles. The van der Waals surface area contributed by atoms with Crippen LogP contribution in [0.4, 0.5) is 11.4 Å². The van der Waals surface area contributed by atoms with E-state index in [9.17, 15) is 29.8 Å². The summed E-state index contributed by atoms with van der Waals surface area (Å²) < 4.78 is 26.4. The topological polar surface area (TPSA) is 190 Å². The molecule has 0 atom stereocenters. The summed E-state index contributed by atoms with van der Waals surface area (Å²) in [4.78, 5) is 44.2. The molecule has 0 aliphatic carbocycles. The number of methoxy groups -OCH3 is 2. The summed E-state index contributed by atoms with van der Waals surface area (Å²) in [5, 5.41) is 29.6. The lowest BCUT2D eigenvalue weighted by Gasteiger charge is -2.35. The van der Waals surface area contributed by atoms with Gasteiger partial charge in [-0.3, -0.25) is 25.1 Å². The molecule has 0 aromatic heterocycles. The molecule has 1 N–H and O–H groups in total. The van der Waals surface area contributed by atoms with Crippen LogP contribution in [0.3, 0.4) is 0 Å². The average Bonchev–Trinajstić information content (AvgIpc) is 2.89. The zero-order valence-electron chi connectivity index (χ0n) is 28.8. The van der Waals surface area contributed by atoms with Gasteiger partial charge in [-0.25, -0.2) is 9.59 Å². The van der Waals surface area contributed by atoms with Crippen molar-refractivity contribution in [2.45, 2.75) is 85.5 Å². The molecule has 46 heavy (non-hydrogen) atoms. The Balaban J connectivity index is 0.000000669. The molecule has 0 aliphatic rings. The smallest absolute Gasteiger partial charge is 0.342 e. The minimum absolute atomic E-state index is 0.0216. The maximum Gasteiger partial charge on any atom is 0.342 e. The molecule has 0 saturated heterocycles. The van der Waals surface area contributed by atoms with Gasteiger partial charge in [0.1, 0.15) is 28.2 Å². The number of rotatable bonds is 9. The van der Waals surface area contributed by atoms with E-state index in [0.717, 1.165) is 18.2 Å². The van der Waals surface area contributed by atoms with E-state index < -0.39 is 27.4 Å². The molecule has 0 amide bonds. The van der Waals surface area contributed by atoms with Crippen molar-refractivity contribution in [2.75, 3.05) is 28.3 Å². The van der Waals surface area contributed by atoms with E-state index in [1.165, 1.54) is 32.4 Å². The summed E-state index contributed by atoms with van der Waals surface area (Å²) in [6, 6.07) is 7.08. The van der Waals surface area contributed by atoms with Gasteiger partial charge in [-0.15, -0.1) is 0 Å². The van der Waals surface area contributed by atoms with Crippen molar-refractivity contribution in [3.05, 3.63) is 67.8 Å². The van der Waals surface area contributed by atoms with E-state index in [4.69, 9.17) is 28.8 Å². The Bertz CT molecular complexity index is 1320. The van der Waals surface area contributed by atoms with E-state index in [1.807, 2.05) is 60.5 Å². The van der Waals surface area contributed by atoms with Crippen LogP contribution >= 0.6 is 0 Å². The SMILES string of the molecule is CN(C)C(OC(C)(C)C)OC(C)(C)C.COc1cc([N+](=O)[O-])ccc1C(=O)O.COc1cc([N+](=O)[O-])ccc1C(=O)OC(C)(C)C. The predicted molar refractivity (Wildman–Crippen MR) is 171 cm³/mol. The fourth-order valence-corrected chi connectivity index (χ4v) is 3.11. The summed E-state index contributed by atoms with van der Waals surface area (Å²) in [5.41, 5.74) is -1.30. The number of aromatic carboxylic acids is 1. The third-order valence-corrected chi connectivity index (χ3v) is 4.97. The molecule has 0 heterocycles. The van der Waals surface area contributed by atoms with Crippen LogP contribution in [0.2, 0.25) is 0 Å². The summed E-state index contributed by atoms with van der Waals surface area (Å²) in [5.74, 6) is -1.66. The third-order valence-electron chi connectivity index (χ3n) is 4.97. The molecule has 0 aliphatic heterocycles. The van der Waals surface area contributed by atoms with Crippen molar-refractivity contribution in [3.8, 4) is 11.5 Å². The van der Waals surface area contributed by atoms with Crippen LogP contribution in [0, 0.1) is 20.2 Å². The Morgan fingerprint density at radius 1 is 0.717 bits per heavy atom. The lowest BCUT2D eigenvalue weighted by Crippen LogP contribution is -2.43. The predicted octanol–water partition coefficient (Wildman–Crippen LogP) is 6.32. The summed E-state index contributed by atoms with van der Waals surface area (Å²) >= 11 is 0. The normalized spacial score (nSPS) is 11.5. The van der Waals surface area contributed by atoms with E-state index in [0.29, 0.717) is 0 Å². The number of carbonyl (C=O) groups excluding carboxylic acids is 1. The van der Waals surface area contributed by atoms with Gasteiger partial charge in [-0.1, -0.05) is 0 Å². The molecular weight excluding hydrogens is 606 g/mol. The number of esters is 1. The second-order valence-corrected chi connectivity index (χ2v) is 12.8. The zero-order chi connectivity index (χ0) is 36.2. The van der Waals surface area contributed by atoms with Crippen LogP contribution < -0.4 is 9.47 Å². The largest absolute Gasteiger partial charge is 0.496 e. The van der Waals surface area contributed by atoms with Crippen molar-refractivity contribution < 1.29 is 48.2 Å².